The highest BCUT2D eigenvalue weighted by molar-refractivity contribution is 5.88. The summed E-state index contributed by atoms with van der Waals surface area (Å²) < 4.78 is 10.5. The molecule has 7 nitrogen and oxygen atoms in total. The van der Waals surface area contributed by atoms with E-state index in [-0.39, 0.29) is 18.6 Å². The zero-order valence-corrected chi connectivity index (χ0v) is 18.9. The minimum absolute atomic E-state index is 0.0401. The molecule has 1 saturated carbocycles. The van der Waals surface area contributed by atoms with Gasteiger partial charge >= 0.3 is 0 Å². The smallest absolute Gasteiger partial charge is 0.242 e. The molecule has 0 unspecified atom stereocenters. The Morgan fingerprint density at radius 3 is 2.48 bits per heavy atom. The Bertz CT molecular complexity index is 656. The summed E-state index contributed by atoms with van der Waals surface area (Å²) in [6.07, 6.45) is 6.22. The number of hydrogen-bond acceptors (Lipinski definition) is 5. The standard InChI is InChI=1S/C24H38N2O5/c1-18(2)16-25-24(29)22(26-23(28)15-19-6-3-4-7-19)14-20-8-10-21(11-9-20)31-13-5-12-30-17-27/h8-11,18-19,22,27H,3-7,12-17H2,1-2H3,(H,25,29)(H,26,28)/t22-/m0/s1. The second kappa shape index (κ2) is 14.0. The summed E-state index contributed by atoms with van der Waals surface area (Å²) in [5.74, 6) is 1.34. The minimum Gasteiger partial charge on any atom is -0.494 e. The molecule has 0 spiro atoms. The van der Waals surface area contributed by atoms with E-state index in [2.05, 4.69) is 10.6 Å². The average Bonchev–Trinajstić information content (AvgIpc) is 3.25. The molecule has 0 radical (unpaired) electrons. The summed E-state index contributed by atoms with van der Waals surface area (Å²) in [7, 11) is 0. The third-order valence-corrected chi connectivity index (χ3v) is 5.44. The average molecular weight is 435 g/mol. The summed E-state index contributed by atoms with van der Waals surface area (Å²) in [5.41, 5.74) is 0.960. The fourth-order valence-corrected chi connectivity index (χ4v) is 3.74. The van der Waals surface area contributed by atoms with Crippen LogP contribution in [0.3, 0.4) is 0 Å². The van der Waals surface area contributed by atoms with Crippen LogP contribution in [0.1, 0.15) is 57.9 Å². The molecule has 174 valence electrons. The monoisotopic (exact) mass is 434 g/mol. The van der Waals surface area contributed by atoms with Gasteiger partial charge in [-0.3, -0.25) is 9.59 Å². The van der Waals surface area contributed by atoms with Gasteiger partial charge in [0.25, 0.3) is 0 Å². The molecule has 0 bridgehead atoms. The Morgan fingerprint density at radius 2 is 1.84 bits per heavy atom. The predicted molar refractivity (Wildman–Crippen MR) is 120 cm³/mol. The van der Waals surface area contributed by atoms with Gasteiger partial charge in [-0.2, -0.15) is 0 Å². The van der Waals surface area contributed by atoms with Crippen molar-refractivity contribution in [3.05, 3.63) is 29.8 Å². The predicted octanol–water partition coefficient (Wildman–Crippen LogP) is 2.80. The lowest BCUT2D eigenvalue weighted by Gasteiger charge is -2.20. The van der Waals surface area contributed by atoms with Crippen molar-refractivity contribution >= 4 is 11.8 Å². The Hall–Kier alpha value is -2.12. The fraction of sp³-hybridized carbons (Fsp3) is 0.667. The second-order valence-electron chi connectivity index (χ2n) is 8.70. The fourth-order valence-electron chi connectivity index (χ4n) is 3.74. The molecule has 1 aliphatic carbocycles. The summed E-state index contributed by atoms with van der Waals surface area (Å²) in [4.78, 5) is 25.3. The number of aliphatic hydroxyl groups is 1. The van der Waals surface area contributed by atoms with E-state index in [0.29, 0.717) is 50.9 Å². The van der Waals surface area contributed by atoms with Crippen LogP contribution in [0, 0.1) is 11.8 Å². The largest absolute Gasteiger partial charge is 0.494 e. The number of ether oxygens (including phenoxy) is 2. The summed E-state index contributed by atoms with van der Waals surface area (Å²) in [6.45, 7) is 5.34. The van der Waals surface area contributed by atoms with Gasteiger partial charge in [-0.25, -0.2) is 0 Å². The number of benzene rings is 1. The first-order chi connectivity index (χ1) is 15.0. The van der Waals surface area contributed by atoms with Gasteiger partial charge in [0, 0.05) is 25.8 Å². The van der Waals surface area contributed by atoms with E-state index in [1.54, 1.807) is 0 Å². The van der Waals surface area contributed by atoms with Gasteiger partial charge in [0.15, 0.2) is 0 Å². The summed E-state index contributed by atoms with van der Waals surface area (Å²) in [5, 5.41) is 14.5. The van der Waals surface area contributed by atoms with Crippen LogP contribution in [-0.2, 0) is 20.7 Å². The van der Waals surface area contributed by atoms with Gasteiger partial charge < -0.3 is 25.2 Å². The number of carbonyl (C=O) groups is 2. The van der Waals surface area contributed by atoms with Gasteiger partial charge in [-0.1, -0.05) is 38.8 Å². The van der Waals surface area contributed by atoms with Crippen LogP contribution in [0.2, 0.25) is 0 Å². The Kier molecular flexibility index (Phi) is 11.4. The van der Waals surface area contributed by atoms with Crippen molar-refractivity contribution in [2.45, 2.75) is 64.8 Å². The van der Waals surface area contributed by atoms with Crippen LogP contribution in [-0.4, -0.2) is 49.5 Å². The first-order valence-electron chi connectivity index (χ1n) is 11.4. The van der Waals surface area contributed by atoms with Gasteiger partial charge in [0.05, 0.1) is 13.2 Å². The molecular weight excluding hydrogens is 396 g/mol. The van der Waals surface area contributed by atoms with E-state index < -0.39 is 6.04 Å². The van der Waals surface area contributed by atoms with E-state index in [9.17, 15) is 9.59 Å². The highest BCUT2D eigenvalue weighted by Gasteiger charge is 2.24. The number of aliphatic hydroxyl groups excluding tert-OH is 1. The number of carbonyl (C=O) groups excluding carboxylic acids is 2. The van der Waals surface area contributed by atoms with Crippen LogP contribution in [0.25, 0.3) is 0 Å². The molecule has 2 amide bonds. The number of nitrogens with one attached hydrogen (secondary N) is 2. The lowest BCUT2D eigenvalue weighted by Crippen LogP contribution is -2.49. The SMILES string of the molecule is CC(C)CNC(=O)[C@H](Cc1ccc(OCCCOCO)cc1)NC(=O)CC1CCCC1. The highest BCUT2D eigenvalue weighted by Crippen LogP contribution is 2.27. The van der Waals surface area contributed by atoms with Crippen LogP contribution < -0.4 is 15.4 Å². The Morgan fingerprint density at radius 1 is 1.13 bits per heavy atom. The van der Waals surface area contributed by atoms with Crippen molar-refractivity contribution in [2.24, 2.45) is 11.8 Å². The van der Waals surface area contributed by atoms with Gasteiger partial charge in [-0.05, 0) is 42.4 Å². The molecule has 3 N–H and O–H groups in total. The molecule has 1 aliphatic rings. The zero-order chi connectivity index (χ0) is 22.5. The van der Waals surface area contributed by atoms with Gasteiger partial charge in [0.1, 0.15) is 18.6 Å². The quantitative estimate of drug-likeness (QED) is 0.309. The molecule has 1 aromatic carbocycles. The summed E-state index contributed by atoms with van der Waals surface area (Å²) in [6, 6.07) is 6.99. The Labute approximate surface area is 185 Å². The van der Waals surface area contributed by atoms with E-state index in [1.165, 1.54) is 12.8 Å². The maximum Gasteiger partial charge on any atom is 0.242 e. The molecule has 1 fully saturated rings. The van der Waals surface area contributed by atoms with E-state index in [1.807, 2.05) is 38.1 Å². The minimum atomic E-state index is -0.588. The molecule has 0 aliphatic heterocycles. The van der Waals surface area contributed by atoms with Crippen molar-refractivity contribution < 1.29 is 24.2 Å². The van der Waals surface area contributed by atoms with Crippen LogP contribution in [0.5, 0.6) is 5.75 Å². The summed E-state index contributed by atoms with van der Waals surface area (Å²) >= 11 is 0. The van der Waals surface area contributed by atoms with Gasteiger partial charge in [-0.15, -0.1) is 0 Å². The lowest BCUT2D eigenvalue weighted by atomic mass is 10.0. The molecule has 31 heavy (non-hydrogen) atoms. The van der Waals surface area contributed by atoms with Crippen LogP contribution >= 0.6 is 0 Å². The molecular formula is C24H38N2O5. The van der Waals surface area contributed by atoms with Crippen molar-refractivity contribution in [1.29, 1.82) is 0 Å². The van der Waals surface area contributed by atoms with Crippen LogP contribution in [0.4, 0.5) is 0 Å². The van der Waals surface area contributed by atoms with Crippen molar-refractivity contribution in [3.63, 3.8) is 0 Å². The topological polar surface area (TPSA) is 96.9 Å². The molecule has 1 aromatic rings. The van der Waals surface area contributed by atoms with Crippen molar-refractivity contribution in [2.75, 3.05) is 26.6 Å². The highest BCUT2D eigenvalue weighted by atomic mass is 16.6. The number of rotatable bonds is 14. The number of amides is 2. The number of hydrogen-bond donors (Lipinski definition) is 3. The normalized spacial score (nSPS) is 15.1. The first kappa shape index (κ1) is 25.1. The van der Waals surface area contributed by atoms with E-state index >= 15 is 0 Å². The molecule has 2 rings (SSSR count). The van der Waals surface area contributed by atoms with Crippen LogP contribution in [0.15, 0.2) is 24.3 Å². The van der Waals surface area contributed by atoms with Crippen molar-refractivity contribution in [1.82, 2.24) is 10.6 Å². The first-order valence-corrected chi connectivity index (χ1v) is 11.4. The lowest BCUT2D eigenvalue weighted by molar-refractivity contribution is -0.129. The molecule has 0 saturated heterocycles. The molecule has 0 heterocycles. The maximum absolute atomic E-state index is 12.7. The molecule has 0 aromatic heterocycles. The Balaban J connectivity index is 1.90. The maximum atomic E-state index is 12.7. The van der Waals surface area contributed by atoms with Gasteiger partial charge in [0.2, 0.25) is 11.8 Å². The van der Waals surface area contributed by atoms with E-state index in [4.69, 9.17) is 14.6 Å². The third kappa shape index (κ3) is 10.2. The zero-order valence-electron chi connectivity index (χ0n) is 18.9. The van der Waals surface area contributed by atoms with Crippen molar-refractivity contribution in [3.8, 4) is 5.75 Å². The second-order valence-corrected chi connectivity index (χ2v) is 8.70. The molecule has 1 atom stereocenters. The molecule has 7 heteroatoms. The van der Waals surface area contributed by atoms with E-state index in [0.717, 1.165) is 24.2 Å². The third-order valence-electron chi connectivity index (χ3n) is 5.44.